The monoisotopic (exact) mass is 304 g/mol. The molecule has 1 saturated heterocycles. The Morgan fingerprint density at radius 3 is 2.65 bits per heavy atom. The van der Waals surface area contributed by atoms with E-state index in [0.717, 1.165) is 29.7 Å². The Hall–Kier alpha value is -0.720. The third kappa shape index (κ3) is 3.30. The van der Waals surface area contributed by atoms with Crippen LogP contribution in [0.25, 0.3) is 0 Å². The second-order valence-electron chi connectivity index (χ2n) is 5.22. The van der Waals surface area contributed by atoms with Crippen molar-refractivity contribution >= 4 is 11.8 Å². The first-order valence-corrected chi connectivity index (χ1v) is 7.67. The molecule has 0 aromatic heterocycles. The van der Waals surface area contributed by atoms with Gasteiger partial charge in [-0.1, -0.05) is 6.07 Å². The normalized spacial score (nSPS) is 22.8. The molecular formula is C14H19F3N2S. The van der Waals surface area contributed by atoms with E-state index < -0.39 is 11.7 Å². The first-order chi connectivity index (χ1) is 9.30. The van der Waals surface area contributed by atoms with Crippen molar-refractivity contribution in [2.45, 2.75) is 25.2 Å². The zero-order chi connectivity index (χ0) is 14.9. The molecule has 1 aliphatic rings. The van der Waals surface area contributed by atoms with E-state index in [9.17, 15) is 13.2 Å². The van der Waals surface area contributed by atoms with Gasteiger partial charge in [-0.3, -0.25) is 4.90 Å². The van der Waals surface area contributed by atoms with Crippen molar-refractivity contribution in [2.24, 2.45) is 5.73 Å². The number of rotatable bonds is 2. The lowest BCUT2D eigenvalue weighted by Crippen LogP contribution is -2.46. The molecule has 0 saturated carbocycles. The summed E-state index contributed by atoms with van der Waals surface area (Å²) in [4.78, 5) is 2.19. The van der Waals surface area contributed by atoms with Crippen LogP contribution in [-0.2, 0) is 6.18 Å². The quantitative estimate of drug-likeness (QED) is 0.910. The topological polar surface area (TPSA) is 29.3 Å². The van der Waals surface area contributed by atoms with Gasteiger partial charge < -0.3 is 5.73 Å². The van der Waals surface area contributed by atoms with E-state index >= 15 is 0 Å². The third-order valence-electron chi connectivity index (χ3n) is 3.81. The average Bonchev–Trinajstić information content (AvgIpc) is 2.37. The number of halogens is 3. The lowest BCUT2D eigenvalue weighted by molar-refractivity contribution is -0.137. The van der Waals surface area contributed by atoms with Crippen LogP contribution in [0, 0.1) is 6.92 Å². The summed E-state index contributed by atoms with van der Waals surface area (Å²) >= 11 is 1.84. The standard InChI is InChI=1S/C14H19F3N2S/c1-9-7-10(14(15,16)17)3-4-11(9)13(18)12-8-20-6-5-19(12)2/h3-4,7,12-13H,5-6,8,18H2,1-2H3. The van der Waals surface area contributed by atoms with Crippen molar-refractivity contribution in [3.63, 3.8) is 0 Å². The van der Waals surface area contributed by atoms with Crippen LogP contribution in [-0.4, -0.2) is 36.0 Å². The van der Waals surface area contributed by atoms with Crippen molar-refractivity contribution in [2.75, 3.05) is 25.1 Å². The zero-order valence-electron chi connectivity index (χ0n) is 11.6. The van der Waals surface area contributed by atoms with E-state index in [0.29, 0.717) is 5.56 Å². The Labute approximate surface area is 121 Å². The van der Waals surface area contributed by atoms with Gasteiger partial charge in [-0.25, -0.2) is 0 Å². The maximum Gasteiger partial charge on any atom is 0.416 e. The van der Waals surface area contributed by atoms with Crippen LogP contribution >= 0.6 is 11.8 Å². The summed E-state index contributed by atoms with van der Waals surface area (Å²) in [6, 6.07) is 3.75. The molecule has 0 aliphatic carbocycles. The number of benzene rings is 1. The van der Waals surface area contributed by atoms with Gasteiger partial charge >= 0.3 is 6.18 Å². The van der Waals surface area contributed by atoms with Crippen molar-refractivity contribution < 1.29 is 13.2 Å². The van der Waals surface area contributed by atoms with E-state index in [-0.39, 0.29) is 12.1 Å². The predicted octanol–water partition coefficient (Wildman–Crippen LogP) is 3.06. The molecule has 0 bridgehead atoms. The third-order valence-corrected chi connectivity index (χ3v) is 4.86. The highest BCUT2D eigenvalue weighted by Crippen LogP contribution is 2.33. The van der Waals surface area contributed by atoms with E-state index in [1.54, 1.807) is 6.92 Å². The second kappa shape index (κ2) is 5.95. The lowest BCUT2D eigenvalue weighted by atomic mass is 9.94. The molecule has 0 radical (unpaired) electrons. The van der Waals surface area contributed by atoms with Crippen LogP contribution in [0.1, 0.15) is 22.7 Å². The Kier molecular flexibility index (Phi) is 4.66. The van der Waals surface area contributed by atoms with Gasteiger partial charge in [-0.05, 0) is 37.2 Å². The van der Waals surface area contributed by atoms with Crippen LogP contribution in [0.2, 0.25) is 0 Å². The smallest absolute Gasteiger partial charge is 0.323 e. The van der Waals surface area contributed by atoms with E-state index in [2.05, 4.69) is 4.90 Å². The van der Waals surface area contributed by atoms with E-state index in [4.69, 9.17) is 5.73 Å². The van der Waals surface area contributed by atoms with Crippen LogP contribution < -0.4 is 5.73 Å². The van der Waals surface area contributed by atoms with Gasteiger partial charge in [0.2, 0.25) is 0 Å². The summed E-state index contributed by atoms with van der Waals surface area (Å²) in [6.45, 7) is 2.66. The van der Waals surface area contributed by atoms with E-state index in [1.165, 1.54) is 12.1 Å². The Morgan fingerprint density at radius 1 is 1.40 bits per heavy atom. The number of thioether (sulfide) groups is 1. The summed E-state index contributed by atoms with van der Waals surface area (Å²) in [5, 5.41) is 0. The highest BCUT2D eigenvalue weighted by Gasteiger charge is 2.32. The first kappa shape index (κ1) is 15.7. The maximum atomic E-state index is 12.7. The summed E-state index contributed by atoms with van der Waals surface area (Å²) < 4.78 is 38.0. The van der Waals surface area contributed by atoms with Gasteiger partial charge in [0.25, 0.3) is 0 Å². The van der Waals surface area contributed by atoms with Crippen LogP contribution in [0.4, 0.5) is 13.2 Å². The molecule has 1 aromatic rings. The highest BCUT2D eigenvalue weighted by atomic mass is 32.2. The SMILES string of the molecule is Cc1cc(C(F)(F)F)ccc1C(N)C1CSCCN1C. The van der Waals surface area contributed by atoms with Crippen LogP contribution in [0.5, 0.6) is 0 Å². The number of likely N-dealkylation sites (N-methyl/N-ethyl adjacent to an activating group) is 1. The maximum absolute atomic E-state index is 12.7. The number of hydrogen-bond acceptors (Lipinski definition) is 3. The zero-order valence-corrected chi connectivity index (χ0v) is 12.4. The summed E-state index contributed by atoms with van der Waals surface area (Å²) in [5.74, 6) is 1.99. The number of hydrogen-bond donors (Lipinski definition) is 1. The molecule has 20 heavy (non-hydrogen) atoms. The Bertz CT molecular complexity index is 476. The van der Waals surface area contributed by atoms with Gasteiger partial charge in [0.15, 0.2) is 0 Å². The predicted molar refractivity (Wildman–Crippen MR) is 76.9 cm³/mol. The van der Waals surface area contributed by atoms with Crippen molar-refractivity contribution in [1.82, 2.24) is 4.90 Å². The number of aryl methyl sites for hydroxylation is 1. The molecule has 1 heterocycles. The molecule has 1 fully saturated rings. The molecule has 0 spiro atoms. The molecule has 1 aromatic carbocycles. The van der Waals surface area contributed by atoms with Crippen molar-refractivity contribution in [1.29, 1.82) is 0 Å². The molecule has 1 aliphatic heterocycles. The number of alkyl halides is 3. The van der Waals surface area contributed by atoms with Crippen LogP contribution in [0.3, 0.4) is 0 Å². The van der Waals surface area contributed by atoms with Crippen LogP contribution in [0.15, 0.2) is 18.2 Å². The molecular weight excluding hydrogens is 285 g/mol. The van der Waals surface area contributed by atoms with Crippen molar-refractivity contribution in [3.8, 4) is 0 Å². The van der Waals surface area contributed by atoms with Gasteiger partial charge in [0, 0.05) is 30.1 Å². The van der Waals surface area contributed by atoms with Gasteiger partial charge in [0.1, 0.15) is 0 Å². The molecule has 6 heteroatoms. The minimum absolute atomic E-state index is 0.171. The Balaban J connectivity index is 2.24. The average molecular weight is 304 g/mol. The number of nitrogens with zero attached hydrogens (tertiary/aromatic N) is 1. The fourth-order valence-corrected chi connectivity index (χ4v) is 3.80. The molecule has 2 unspecified atom stereocenters. The molecule has 112 valence electrons. The minimum atomic E-state index is -4.30. The van der Waals surface area contributed by atoms with E-state index in [1.807, 2.05) is 18.8 Å². The van der Waals surface area contributed by atoms with Gasteiger partial charge in [-0.2, -0.15) is 24.9 Å². The summed E-state index contributed by atoms with van der Waals surface area (Å²) in [5.41, 5.74) is 7.08. The molecule has 2 atom stereocenters. The molecule has 2 rings (SSSR count). The van der Waals surface area contributed by atoms with Gasteiger partial charge in [0.05, 0.1) is 5.56 Å². The highest BCUT2D eigenvalue weighted by molar-refractivity contribution is 7.99. The molecule has 0 amide bonds. The fraction of sp³-hybridized carbons (Fsp3) is 0.571. The number of nitrogens with two attached hydrogens (primary N) is 1. The first-order valence-electron chi connectivity index (χ1n) is 6.52. The summed E-state index contributed by atoms with van der Waals surface area (Å²) in [6.07, 6.45) is -4.30. The molecule has 2 N–H and O–H groups in total. The second-order valence-corrected chi connectivity index (χ2v) is 6.37. The molecule has 2 nitrogen and oxygen atoms in total. The lowest BCUT2D eigenvalue weighted by Gasteiger charge is -2.36. The minimum Gasteiger partial charge on any atom is -0.323 e. The van der Waals surface area contributed by atoms with Gasteiger partial charge in [-0.15, -0.1) is 0 Å². The Morgan fingerprint density at radius 2 is 2.10 bits per heavy atom. The fourth-order valence-electron chi connectivity index (χ4n) is 2.52. The van der Waals surface area contributed by atoms with Crippen molar-refractivity contribution in [3.05, 3.63) is 34.9 Å². The summed E-state index contributed by atoms with van der Waals surface area (Å²) in [7, 11) is 2.02. The largest absolute Gasteiger partial charge is 0.416 e.